The van der Waals surface area contributed by atoms with E-state index in [1.54, 1.807) is 38.1 Å². The Morgan fingerprint density at radius 2 is 1.87 bits per heavy atom. The van der Waals surface area contributed by atoms with Crippen molar-refractivity contribution in [3.63, 3.8) is 0 Å². The second-order valence-corrected chi connectivity index (χ2v) is 8.51. The van der Waals surface area contributed by atoms with Gasteiger partial charge < -0.3 is 11.1 Å². The number of carbonyl (C=O) groups is 1. The molecule has 0 spiro atoms. The number of hydrogen-bond donors (Lipinski definition) is 2. The molecule has 2 atom stereocenters. The number of hydrogen-bond acceptors (Lipinski definition) is 4. The lowest BCUT2D eigenvalue weighted by Crippen LogP contribution is -2.40. The van der Waals surface area contributed by atoms with Crippen LogP contribution in [0.2, 0.25) is 0 Å². The van der Waals surface area contributed by atoms with Gasteiger partial charge in [0.15, 0.2) is 9.84 Å². The van der Waals surface area contributed by atoms with E-state index in [-0.39, 0.29) is 30.0 Å². The predicted octanol–water partition coefficient (Wildman–Crippen LogP) is 2.74. The number of carbonyl (C=O) groups excluding carboxylic acids is 1. The SMILES string of the molecule is CCC(C)C(N)C(=O)Nc1cccc(CS(=O)(=O)C(C)C)c1.Cl. The maximum absolute atomic E-state index is 12.1. The van der Waals surface area contributed by atoms with Gasteiger partial charge in [-0.05, 0) is 37.5 Å². The van der Waals surface area contributed by atoms with E-state index < -0.39 is 21.1 Å². The molecule has 0 bridgehead atoms. The fourth-order valence-corrected chi connectivity index (χ4v) is 2.85. The lowest BCUT2D eigenvalue weighted by atomic mass is 9.99. The Bertz CT molecular complexity index is 618. The summed E-state index contributed by atoms with van der Waals surface area (Å²) in [5.74, 6) is -0.200. The van der Waals surface area contributed by atoms with Gasteiger partial charge in [-0.1, -0.05) is 32.4 Å². The molecule has 3 N–H and O–H groups in total. The molecule has 0 aliphatic heterocycles. The fourth-order valence-electron chi connectivity index (χ4n) is 1.88. The molecule has 0 saturated heterocycles. The number of nitrogens with one attached hydrogen (secondary N) is 1. The molecule has 1 rings (SSSR count). The molecule has 0 fully saturated rings. The van der Waals surface area contributed by atoms with Crippen LogP contribution in [0.5, 0.6) is 0 Å². The van der Waals surface area contributed by atoms with Crippen molar-refractivity contribution >= 4 is 33.8 Å². The number of halogens is 1. The first-order chi connectivity index (χ1) is 10.2. The van der Waals surface area contributed by atoms with Crippen molar-refractivity contribution in [3.05, 3.63) is 29.8 Å². The summed E-state index contributed by atoms with van der Waals surface area (Å²) in [6.45, 7) is 7.23. The van der Waals surface area contributed by atoms with Crippen molar-refractivity contribution < 1.29 is 13.2 Å². The highest BCUT2D eigenvalue weighted by molar-refractivity contribution is 7.91. The van der Waals surface area contributed by atoms with Gasteiger partial charge in [-0.2, -0.15) is 0 Å². The minimum absolute atomic E-state index is 0. The highest BCUT2D eigenvalue weighted by Gasteiger charge is 2.20. The predicted molar refractivity (Wildman–Crippen MR) is 97.5 cm³/mol. The third-order valence-electron chi connectivity index (χ3n) is 3.84. The molecule has 7 heteroatoms. The molecule has 0 aromatic heterocycles. The molecule has 23 heavy (non-hydrogen) atoms. The Morgan fingerprint density at radius 1 is 1.26 bits per heavy atom. The first-order valence-electron chi connectivity index (χ1n) is 7.54. The number of sulfone groups is 1. The van der Waals surface area contributed by atoms with Crippen molar-refractivity contribution in [2.24, 2.45) is 11.7 Å². The summed E-state index contributed by atoms with van der Waals surface area (Å²) in [5, 5.41) is 2.33. The van der Waals surface area contributed by atoms with Crippen LogP contribution in [0.3, 0.4) is 0 Å². The molecule has 0 heterocycles. The second kappa shape index (κ2) is 9.25. The van der Waals surface area contributed by atoms with Crippen LogP contribution in [0.4, 0.5) is 5.69 Å². The summed E-state index contributed by atoms with van der Waals surface area (Å²) in [4.78, 5) is 12.1. The van der Waals surface area contributed by atoms with Crippen LogP contribution in [0.1, 0.15) is 39.7 Å². The largest absolute Gasteiger partial charge is 0.325 e. The standard InChI is InChI=1S/C16H26N2O3S.ClH/c1-5-12(4)15(17)16(19)18-14-8-6-7-13(9-14)10-22(20,21)11(2)3;/h6-9,11-12,15H,5,10,17H2,1-4H3,(H,18,19);1H. The summed E-state index contributed by atoms with van der Waals surface area (Å²) in [6, 6.07) is 6.31. The number of benzene rings is 1. The van der Waals surface area contributed by atoms with Crippen molar-refractivity contribution in [1.82, 2.24) is 0 Å². The van der Waals surface area contributed by atoms with Gasteiger partial charge in [0.2, 0.25) is 5.91 Å². The van der Waals surface area contributed by atoms with Gasteiger partial charge in [0.05, 0.1) is 17.0 Å². The number of nitrogens with two attached hydrogens (primary N) is 1. The molecule has 1 aromatic rings. The number of rotatable bonds is 7. The van der Waals surface area contributed by atoms with Gasteiger partial charge in [-0.15, -0.1) is 12.4 Å². The lowest BCUT2D eigenvalue weighted by Gasteiger charge is -2.18. The molecule has 0 aliphatic rings. The molecular formula is C16H27ClN2O3S. The van der Waals surface area contributed by atoms with Crippen LogP contribution in [0, 0.1) is 5.92 Å². The monoisotopic (exact) mass is 362 g/mol. The van der Waals surface area contributed by atoms with E-state index in [1.165, 1.54) is 0 Å². The molecular weight excluding hydrogens is 336 g/mol. The third kappa shape index (κ3) is 6.49. The Labute approximate surface area is 145 Å². The quantitative estimate of drug-likeness (QED) is 0.780. The van der Waals surface area contributed by atoms with E-state index in [0.29, 0.717) is 11.3 Å². The van der Waals surface area contributed by atoms with E-state index in [4.69, 9.17) is 5.73 Å². The Hall–Kier alpha value is -1.11. The molecule has 1 aromatic carbocycles. The normalized spacial score (nSPS) is 14.0. The van der Waals surface area contributed by atoms with E-state index in [2.05, 4.69) is 5.32 Å². The van der Waals surface area contributed by atoms with E-state index in [9.17, 15) is 13.2 Å². The summed E-state index contributed by atoms with van der Waals surface area (Å²) >= 11 is 0. The molecule has 1 amide bonds. The Balaban J connectivity index is 0.00000484. The smallest absolute Gasteiger partial charge is 0.241 e. The van der Waals surface area contributed by atoms with Gasteiger partial charge in [0.25, 0.3) is 0 Å². The third-order valence-corrected chi connectivity index (χ3v) is 6.01. The number of anilines is 1. The summed E-state index contributed by atoms with van der Waals surface area (Å²) in [5.41, 5.74) is 7.12. The topological polar surface area (TPSA) is 89.3 Å². The maximum atomic E-state index is 12.1. The molecule has 0 saturated carbocycles. The first kappa shape index (κ1) is 21.9. The molecule has 5 nitrogen and oxygen atoms in total. The van der Waals surface area contributed by atoms with Crippen LogP contribution in [0.15, 0.2) is 24.3 Å². The zero-order valence-electron chi connectivity index (χ0n) is 14.1. The average Bonchev–Trinajstić information content (AvgIpc) is 2.45. The van der Waals surface area contributed by atoms with E-state index in [1.807, 2.05) is 13.8 Å². The lowest BCUT2D eigenvalue weighted by molar-refractivity contribution is -0.118. The Morgan fingerprint density at radius 3 is 2.39 bits per heavy atom. The van der Waals surface area contributed by atoms with Gasteiger partial charge in [-0.3, -0.25) is 4.79 Å². The summed E-state index contributed by atoms with van der Waals surface area (Å²) in [7, 11) is -3.17. The van der Waals surface area contributed by atoms with Crippen molar-refractivity contribution in [3.8, 4) is 0 Å². The maximum Gasteiger partial charge on any atom is 0.241 e. The van der Waals surface area contributed by atoms with Gasteiger partial charge in [0, 0.05) is 5.69 Å². The molecule has 0 aliphatic carbocycles. The van der Waals surface area contributed by atoms with E-state index >= 15 is 0 Å². The van der Waals surface area contributed by atoms with Crippen LogP contribution >= 0.6 is 12.4 Å². The second-order valence-electron chi connectivity index (χ2n) is 5.96. The number of amides is 1. The summed E-state index contributed by atoms with van der Waals surface area (Å²) in [6.07, 6.45) is 0.821. The van der Waals surface area contributed by atoms with Crippen LogP contribution < -0.4 is 11.1 Å². The highest BCUT2D eigenvalue weighted by Crippen LogP contribution is 2.16. The van der Waals surface area contributed by atoms with Crippen molar-refractivity contribution in [1.29, 1.82) is 0 Å². The van der Waals surface area contributed by atoms with E-state index in [0.717, 1.165) is 6.42 Å². The van der Waals surface area contributed by atoms with Gasteiger partial charge in [0.1, 0.15) is 0 Å². The van der Waals surface area contributed by atoms with Crippen molar-refractivity contribution in [2.45, 2.75) is 51.2 Å². The minimum atomic E-state index is -3.17. The summed E-state index contributed by atoms with van der Waals surface area (Å²) < 4.78 is 23.9. The first-order valence-corrected chi connectivity index (χ1v) is 9.25. The van der Waals surface area contributed by atoms with Crippen LogP contribution in [-0.2, 0) is 20.4 Å². The van der Waals surface area contributed by atoms with Gasteiger partial charge in [-0.25, -0.2) is 8.42 Å². The highest BCUT2D eigenvalue weighted by atomic mass is 35.5. The molecule has 132 valence electrons. The zero-order valence-corrected chi connectivity index (χ0v) is 15.7. The zero-order chi connectivity index (χ0) is 16.9. The van der Waals surface area contributed by atoms with Crippen LogP contribution in [-0.4, -0.2) is 25.6 Å². The average molecular weight is 363 g/mol. The molecule has 0 radical (unpaired) electrons. The van der Waals surface area contributed by atoms with Gasteiger partial charge >= 0.3 is 0 Å². The fraction of sp³-hybridized carbons (Fsp3) is 0.562. The van der Waals surface area contributed by atoms with Crippen LogP contribution in [0.25, 0.3) is 0 Å². The molecule has 2 unspecified atom stereocenters. The van der Waals surface area contributed by atoms with Crippen molar-refractivity contribution in [2.75, 3.05) is 5.32 Å². The minimum Gasteiger partial charge on any atom is -0.325 e. The Kier molecular flexibility index (Phi) is 8.80.